The Labute approximate surface area is 105 Å². The summed E-state index contributed by atoms with van der Waals surface area (Å²) in [5.74, 6) is 0.741. The normalized spacial score (nSPS) is 28.1. The summed E-state index contributed by atoms with van der Waals surface area (Å²) in [5, 5.41) is 1.33. The predicted molar refractivity (Wildman–Crippen MR) is 69.1 cm³/mol. The van der Waals surface area contributed by atoms with Crippen molar-refractivity contribution in [2.24, 2.45) is 5.92 Å². The summed E-state index contributed by atoms with van der Waals surface area (Å²) in [5.41, 5.74) is 1.38. The van der Waals surface area contributed by atoms with Crippen LogP contribution in [0.15, 0.2) is 29.3 Å². The van der Waals surface area contributed by atoms with Gasteiger partial charge in [-0.3, -0.25) is 0 Å². The number of halogens is 1. The molecule has 0 radical (unpaired) electrons. The third kappa shape index (κ3) is 2.01. The van der Waals surface area contributed by atoms with Gasteiger partial charge in [0.15, 0.2) is 0 Å². The van der Waals surface area contributed by atoms with Crippen LogP contribution in [-0.4, -0.2) is 10.2 Å². The van der Waals surface area contributed by atoms with Gasteiger partial charge in [-0.2, -0.15) is 0 Å². The molecule has 0 spiro atoms. The van der Waals surface area contributed by atoms with Gasteiger partial charge in [0, 0.05) is 16.3 Å². The molecule has 2 aliphatic rings. The van der Waals surface area contributed by atoms with Crippen LogP contribution in [0.25, 0.3) is 0 Å². The highest BCUT2D eigenvalue weighted by Crippen LogP contribution is 2.43. The molecule has 1 aliphatic heterocycles. The van der Waals surface area contributed by atoms with Gasteiger partial charge < -0.3 is 0 Å². The van der Waals surface area contributed by atoms with Crippen molar-refractivity contribution in [2.45, 2.75) is 35.8 Å². The van der Waals surface area contributed by atoms with Crippen LogP contribution in [0.5, 0.6) is 0 Å². The van der Waals surface area contributed by atoms with Crippen molar-refractivity contribution in [1.29, 1.82) is 0 Å². The Bertz CT molecular complexity index is 430. The maximum absolute atomic E-state index is 5.92. The SMILES string of the molecule is Clc1cc2c(cn1)SC(C1C=CCCC1)C2. The van der Waals surface area contributed by atoms with Crippen LogP contribution in [0.1, 0.15) is 24.8 Å². The van der Waals surface area contributed by atoms with Gasteiger partial charge in [0.05, 0.1) is 0 Å². The summed E-state index contributed by atoms with van der Waals surface area (Å²) >= 11 is 7.90. The van der Waals surface area contributed by atoms with Crippen molar-refractivity contribution in [3.63, 3.8) is 0 Å². The molecule has 84 valence electrons. The van der Waals surface area contributed by atoms with Crippen molar-refractivity contribution < 1.29 is 0 Å². The molecule has 3 heteroatoms. The molecule has 1 aromatic heterocycles. The van der Waals surface area contributed by atoms with Crippen molar-refractivity contribution in [2.75, 3.05) is 0 Å². The Balaban J connectivity index is 1.79. The molecule has 16 heavy (non-hydrogen) atoms. The summed E-state index contributed by atoms with van der Waals surface area (Å²) in [6, 6.07) is 2.02. The molecule has 1 aromatic rings. The van der Waals surface area contributed by atoms with E-state index in [-0.39, 0.29) is 0 Å². The Morgan fingerprint density at radius 3 is 3.19 bits per heavy atom. The van der Waals surface area contributed by atoms with Gasteiger partial charge in [-0.1, -0.05) is 23.8 Å². The molecule has 0 saturated carbocycles. The Hall–Kier alpha value is -0.470. The van der Waals surface area contributed by atoms with Crippen LogP contribution < -0.4 is 0 Å². The van der Waals surface area contributed by atoms with E-state index in [0.29, 0.717) is 10.4 Å². The average Bonchev–Trinajstić information content (AvgIpc) is 2.73. The van der Waals surface area contributed by atoms with E-state index in [1.807, 2.05) is 24.0 Å². The first-order valence-electron chi connectivity index (χ1n) is 5.80. The quantitative estimate of drug-likeness (QED) is 0.550. The summed E-state index contributed by atoms with van der Waals surface area (Å²) in [7, 11) is 0. The Morgan fingerprint density at radius 2 is 2.38 bits per heavy atom. The number of thioether (sulfide) groups is 1. The van der Waals surface area contributed by atoms with Crippen molar-refractivity contribution in [3.8, 4) is 0 Å². The topological polar surface area (TPSA) is 12.9 Å². The van der Waals surface area contributed by atoms with Crippen LogP contribution in [-0.2, 0) is 6.42 Å². The molecule has 0 bridgehead atoms. The number of nitrogens with zero attached hydrogens (tertiary/aromatic N) is 1. The summed E-state index contributed by atoms with van der Waals surface area (Å²) < 4.78 is 0. The van der Waals surface area contributed by atoms with Crippen LogP contribution >= 0.6 is 23.4 Å². The molecular formula is C13H14ClNS. The molecule has 2 atom stereocenters. The first kappa shape index (κ1) is 10.7. The minimum Gasteiger partial charge on any atom is -0.243 e. The fourth-order valence-electron chi connectivity index (χ4n) is 2.53. The van der Waals surface area contributed by atoms with Crippen molar-refractivity contribution in [1.82, 2.24) is 4.98 Å². The van der Waals surface area contributed by atoms with E-state index in [4.69, 9.17) is 11.6 Å². The van der Waals surface area contributed by atoms with Gasteiger partial charge in [-0.25, -0.2) is 4.98 Å². The zero-order valence-corrected chi connectivity index (χ0v) is 10.6. The molecule has 3 rings (SSSR count). The number of fused-ring (bicyclic) bond motifs is 1. The van der Waals surface area contributed by atoms with E-state index >= 15 is 0 Å². The molecule has 0 fully saturated rings. The lowest BCUT2D eigenvalue weighted by Crippen LogP contribution is -2.16. The summed E-state index contributed by atoms with van der Waals surface area (Å²) in [6.45, 7) is 0. The second-order valence-electron chi connectivity index (χ2n) is 4.50. The lowest BCUT2D eigenvalue weighted by Gasteiger charge is -2.21. The fourth-order valence-corrected chi connectivity index (χ4v) is 4.11. The Kier molecular flexibility index (Phi) is 2.95. The predicted octanol–water partition coefficient (Wildman–Crippen LogP) is 4.11. The number of aromatic nitrogens is 1. The van der Waals surface area contributed by atoms with E-state index in [0.717, 1.165) is 12.3 Å². The van der Waals surface area contributed by atoms with E-state index < -0.39 is 0 Å². The van der Waals surface area contributed by atoms with Crippen LogP contribution in [0.4, 0.5) is 0 Å². The number of pyridine rings is 1. The second kappa shape index (κ2) is 4.42. The van der Waals surface area contributed by atoms with Crippen LogP contribution in [0, 0.1) is 5.92 Å². The van der Waals surface area contributed by atoms with E-state index in [1.54, 1.807) is 0 Å². The highest BCUT2D eigenvalue weighted by atomic mass is 35.5. The largest absolute Gasteiger partial charge is 0.243 e. The third-order valence-electron chi connectivity index (χ3n) is 3.38. The minimum atomic E-state index is 0.624. The second-order valence-corrected chi connectivity index (χ2v) is 6.17. The van der Waals surface area contributed by atoms with Gasteiger partial charge in [0.2, 0.25) is 0 Å². The first-order valence-corrected chi connectivity index (χ1v) is 7.06. The van der Waals surface area contributed by atoms with Crippen LogP contribution in [0.3, 0.4) is 0 Å². The number of allylic oxidation sites excluding steroid dienone is 2. The van der Waals surface area contributed by atoms with E-state index in [1.165, 1.54) is 29.7 Å². The summed E-state index contributed by atoms with van der Waals surface area (Å²) in [4.78, 5) is 5.48. The minimum absolute atomic E-state index is 0.624. The maximum Gasteiger partial charge on any atom is 0.129 e. The third-order valence-corrected chi connectivity index (χ3v) is 5.03. The van der Waals surface area contributed by atoms with Gasteiger partial charge in [0.25, 0.3) is 0 Å². The molecule has 2 unspecified atom stereocenters. The first-order chi connectivity index (χ1) is 7.83. The average molecular weight is 252 g/mol. The lowest BCUT2D eigenvalue weighted by molar-refractivity contribution is 0.521. The zero-order chi connectivity index (χ0) is 11.0. The Morgan fingerprint density at radius 1 is 1.44 bits per heavy atom. The molecule has 0 N–H and O–H groups in total. The van der Waals surface area contributed by atoms with Crippen LogP contribution in [0.2, 0.25) is 5.15 Å². The van der Waals surface area contributed by atoms with Gasteiger partial charge in [-0.15, -0.1) is 11.8 Å². The molecule has 0 aromatic carbocycles. The van der Waals surface area contributed by atoms with Gasteiger partial charge >= 0.3 is 0 Å². The molecule has 1 aliphatic carbocycles. The molecular weight excluding hydrogens is 238 g/mol. The number of hydrogen-bond acceptors (Lipinski definition) is 2. The molecule has 0 amide bonds. The fraction of sp³-hybridized carbons (Fsp3) is 0.462. The monoisotopic (exact) mass is 251 g/mol. The van der Waals surface area contributed by atoms with Gasteiger partial charge in [-0.05, 0) is 43.2 Å². The zero-order valence-electron chi connectivity index (χ0n) is 9.03. The number of hydrogen-bond donors (Lipinski definition) is 0. The number of rotatable bonds is 1. The van der Waals surface area contributed by atoms with E-state index in [2.05, 4.69) is 17.1 Å². The lowest BCUT2D eigenvalue weighted by atomic mass is 9.90. The molecule has 1 nitrogen and oxygen atoms in total. The van der Waals surface area contributed by atoms with Crippen molar-refractivity contribution in [3.05, 3.63) is 35.1 Å². The highest BCUT2D eigenvalue weighted by Gasteiger charge is 2.29. The van der Waals surface area contributed by atoms with Gasteiger partial charge in [0.1, 0.15) is 5.15 Å². The van der Waals surface area contributed by atoms with Crippen molar-refractivity contribution >= 4 is 23.4 Å². The maximum atomic E-state index is 5.92. The molecule has 2 heterocycles. The smallest absolute Gasteiger partial charge is 0.129 e. The van der Waals surface area contributed by atoms with E-state index in [9.17, 15) is 0 Å². The highest BCUT2D eigenvalue weighted by molar-refractivity contribution is 8.00. The molecule has 0 saturated heterocycles. The standard InChI is InChI=1S/C13H14ClNS/c14-13-7-10-6-11(16-12(10)8-15-13)9-4-2-1-3-5-9/h2,4,7-9,11H,1,3,5-6H2. The summed E-state index contributed by atoms with van der Waals surface area (Å²) in [6.07, 6.45) is 11.8.